The van der Waals surface area contributed by atoms with Crippen molar-refractivity contribution < 1.29 is 9.53 Å². The van der Waals surface area contributed by atoms with E-state index < -0.39 is 0 Å². The number of benzene rings is 3. The van der Waals surface area contributed by atoms with E-state index in [9.17, 15) is 4.79 Å². The molecule has 2 N–H and O–H groups in total. The lowest BCUT2D eigenvalue weighted by atomic mass is 10.1. The topological polar surface area (TPSA) is 67.0 Å². The highest BCUT2D eigenvalue weighted by Gasteiger charge is 2.14. The maximum atomic E-state index is 12.6. The van der Waals surface area contributed by atoms with Crippen molar-refractivity contribution in [2.75, 3.05) is 13.2 Å². The monoisotopic (exact) mass is 453 g/mol. The van der Waals surface area contributed by atoms with Crippen LogP contribution in [0, 0.1) is 0 Å². The Morgan fingerprint density at radius 3 is 2.61 bits per heavy atom. The summed E-state index contributed by atoms with van der Waals surface area (Å²) in [7, 11) is 0. The van der Waals surface area contributed by atoms with Crippen molar-refractivity contribution >= 4 is 40.1 Å². The van der Waals surface area contributed by atoms with Crippen LogP contribution in [0.5, 0.6) is 5.75 Å². The molecular formula is C24H21Cl2N3O2. The van der Waals surface area contributed by atoms with Crippen molar-refractivity contribution in [1.29, 1.82) is 0 Å². The molecule has 0 saturated heterocycles. The quantitative estimate of drug-likeness (QED) is 0.365. The molecular weight excluding hydrogens is 433 g/mol. The Hall–Kier alpha value is -3.02. The first-order valence-corrected chi connectivity index (χ1v) is 10.7. The van der Waals surface area contributed by atoms with Crippen molar-refractivity contribution in [2.45, 2.75) is 13.3 Å². The highest BCUT2D eigenvalue weighted by Crippen LogP contribution is 2.33. The Bertz CT molecular complexity index is 1220. The van der Waals surface area contributed by atoms with E-state index in [-0.39, 0.29) is 5.91 Å². The number of carbonyl (C=O) groups excluding carboxylic acids is 1. The molecule has 158 valence electrons. The molecule has 1 aromatic heterocycles. The summed E-state index contributed by atoms with van der Waals surface area (Å²) in [6, 6.07) is 18.5. The number of carbonyl (C=O) groups is 1. The van der Waals surface area contributed by atoms with E-state index in [0.29, 0.717) is 46.6 Å². The van der Waals surface area contributed by atoms with Gasteiger partial charge in [-0.2, -0.15) is 0 Å². The largest absolute Gasteiger partial charge is 0.494 e. The fourth-order valence-corrected chi connectivity index (χ4v) is 3.95. The van der Waals surface area contributed by atoms with E-state index in [2.05, 4.69) is 15.3 Å². The van der Waals surface area contributed by atoms with Crippen LogP contribution in [0.2, 0.25) is 10.0 Å². The standard InChI is InChI=1S/C24H21Cl2N3O2/c1-2-31-17-6-3-5-15(13-17)11-12-27-24(30)16-9-10-20-21(14-16)29-23(28-20)22-18(25)7-4-8-19(22)26/h3-10,13-14H,2,11-12H2,1H3,(H,27,30)(H,28,29). The third kappa shape index (κ3) is 4.84. The average molecular weight is 454 g/mol. The van der Waals surface area contributed by atoms with E-state index in [1.54, 1.807) is 36.4 Å². The normalized spacial score (nSPS) is 10.9. The Labute approximate surface area is 190 Å². The van der Waals surface area contributed by atoms with Crippen LogP contribution in [0.4, 0.5) is 0 Å². The van der Waals surface area contributed by atoms with Crippen LogP contribution < -0.4 is 10.1 Å². The van der Waals surface area contributed by atoms with Crippen molar-refractivity contribution in [3.63, 3.8) is 0 Å². The number of hydrogen-bond donors (Lipinski definition) is 2. The smallest absolute Gasteiger partial charge is 0.251 e. The summed E-state index contributed by atoms with van der Waals surface area (Å²) >= 11 is 12.6. The third-order valence-electron chi connectivity index (χ3n) is 4.85. The Kier molecular flexibility index (Phi) is 6.44. The van der Waals surface area contributed by atoms with Crippen LogP contribution in [0.3, 0.4) is 0 Å². The van der Waals surface area contributed by atoms with Gasteiger partial charge in [-0.15, -0.1) is 0 Å². The first kappa shape index (κ1) is 21.2. The molecule has 4 rings (SSSR count). The molecule has 0 aliphatic rings. The van der Waals surface area contributed by atoms with Gasteiger partial charge in [0.1, 0.15) is 11.6 Å². The molecule has 5 nitrogen and oxygen atoms in total. The van der Waals surface area contributed by atoms with E-state index in [4.69, 9.17) is 27.9 Å². The van der Waals surface area contributed by atoms with E-state index in [1.165, 1.54) is 0 Å². The fraction of sp³-hybridized carbons (Fsp3) is 0.167. The van der Waals surface area contributed by atoms with Gasteiger partial charge in [0.25, 0.3) is 5.91 Å². The number of ether oxygens (including phenoxy) is 1. The van der Waals surface area contributed by atoms with Crippen molar-refractivity contribution in [2.24, 2.45) is 0 Å². The van der Waals surface area contributed by atoms with Gasteiger partial charge < -0.3 is 15.0 Å². The van der Waals surface area contributed by atoms with Gasteiger partial charge in [0, 0.05) is 12.1 Å². The minimum absolute atomic E-state index is 0.144. The number of nitrogens with zero attached hydrogens (tertiary/aromatic N) is 1. The number of halogens is 2. The number of hydrogen-bond acceptors (Lipinski definition) is 3. The third-order valence-corrected chi connectivity index (χ3v) is 5.48. The van der Waals surface area contributed by atoms with Crippen LogP contribution in [-0.2, 0) is 6.42 Å². The lowest BCUT2D eigenvalue weighted by Crippen LogP contribution is -2.25. The van der Waals surface area contributed by atoms with Crippen LogP contribution in [0.15, 0.2) is 60.7 Å². The molecule has 0 bridgehead atoms. The summed E-state index contributed by atoms with van der Waals surface area (Å²) in [5, 5.41) is 3.99. The predicted molar refractivity (Wildman–Crippen MR) is 125 cm³/mol. The highest BCUT2D eigenvalue weighted by molar-refractivity contribution is 6.39. The summed E-state index contributed by atoms with van der Waals surface area (Å²) < 4.78 is 5.52. The van der Waals surface area contributed by atoms with Crippen molar-refractivity contribution in [1.82, 2.24) is 15.3 Å². The van der Waals surface area contributed by atoms with Crippen LogP contribution >= 0.6 is 23.2 Å². The van der Waals surface area contributed by atoms with Gasteiger partial charge in [0.2, 0.25) is 0 Å². The Balaban J connectivity index is 1.46. The van der Waals surface area contributed by atoms with E-state index in [1.807, 2.05) is 31.2 Å². The maximum Gasteiger partial charge on any atom is 0.251 e. The highest BCUT2D eigenvalue weighted by atomic mass is 35.5. The molecule has 0 spiro atoms. The second kappa shape index (κ2) is 9.41. The summed E-state index contributed by atoms with van der Waals surface area (Å²) in [5.74, 6) is 1.26. The number of H-pyrrole nitrogens is 1. The molecule has 0 unspecified atom stereocenters. The van der Waals surface area contributed by atoms with Gasteiger partial charge in [0.15, 0.2) is 0 Å². The zero-order valence-corrected chi connectivity index (χ0v) is 18.4. The molecule has 1 amide bonds. The summed E-state index contributed by atoms with van der Waals surface area (Å²) in [4.78, 5) is 20.4. The summed E-state index contributed by atoms with van der Waals surface area (Å²) in [6.45, 7) is 3.10. The zero-order chi connectivity index (χ0) is 21.8. The minimum atomic E-state index is -0.144. The number of rotatable bonds is 7. The van der Waals surface area contributed by atoms with Gasteiger partial charge >= 0.3 is 0 Å². The average Bonchev–Trinajstić information content (AvgIpc) is 3.17. The molecule has 0 radical (unpaired) electrons. The molecule has 31 heavy (non-hydrogen) atoms. The number of nitrogens with one attached hydrogen (secondary N) is 2. The summed E-state index contributed by atoms with van der Waals surface area (Å²) in [6.07, 6.45) is 0.716. The lowest BCUT2D eigenvalue weighted by Gasteiger charge is -2.08. The lowest BCUT2D eigenvalue weighted by molar-refractivity contribution is 0.0954. The second-order valence-electron chi connectivity index (χ2n) is 7.00. The molecule has 4 aromatic rings. The molecule has 0 fully saturated rings. The van der Waals surface area contributed by atoms with Gasteiger partial charge in [0.05, 0.1) is 33.2 Å². The number of amides is 1. The minimum Gasteiger partial charge on any atom is -0.494 e. The predicted octanol–water partition coefficient (Wildman–Crippen LogP) is 5.91. The van der Waals surface area contributed by atoms with Crippen LogP contribution in [-0.4, -0.2) is 29.0 Å². The molecule has 0 saturated carbocycles. The molecule has 0 atom stereocenters. The van der Waals surface area contributed by atoms with E-state index in [0.717, 1.165) is 22.3 Å². The molecule has 1 heterocycles. The number of aromatic nitrogens is 2. The van der Waals surface area contributed by atoms with Crippen molar-refractivity contribution in [3.05, 3.63) is 81.8 Å². The molecule has 0 aliphatic heterocycles. The van der Waals surface area contributed by atoms with Crippen molar-refractivity contribution in [3.8, 4) is 17.1 Å². The maximum absolute atomic E-state index is 12.6. The first-order valence-electron chi connectivity index (χ1n) is 9.99. The SMILES string of the molecule is CCOc1cccc(CCNC(=O)c2ccc3nc(-c4c(Cl)cccc4Cl)[nH]c3c2)c1. The first-order chi connectivity index (χ1) is 15.0. The van der Waals surface area contributed by atoms with Crippen LogP contribution in [0.25, 0.3) is 22.4 Å². The Morgan fingerprint density at radius 2 is 1.84 bits per heavy atom. The van der Waals surface area contributed by atoms with Gasteiger partial charge in [-0.3, -0.25) is 4.79 Å². The Morgan fingerprint density at radius 1 is 1.06 bits per heavy atom. The van der Waals surface area contributed by atoms with Gasteiger partial charge in [-0.1, -0.05) is 41.4 Å². The van der Waals surface area contributed by atoms with Gasteiger partial charge in [-0.25, -0.2) is 4.98 Å². The van der Waals surface area contributed by atoms with Gasteiger partial charge in [-0.05, 0) is 61.4 Å². The van der Waals surface area contributed by atoms with Crippen LogP contribution in [0.1, 0.15) is 22.8 Å². The molecule has 7 heteroatoms. The van der Waals surface area contributed by atoms with E-state index >= 15 is 0 Å². The fourth-order valence-electron chi connectivity index (χ4n) is 3.37. The zero-order valence-electron chi connectivity index (χ0n) is 16.9. The molecule has 3 aromatic carbocycles. The molecule has 0 aliphatic carbocycles. The number of fused-ring (bicyclic) bond motifs is 1. The summed E-state index contributed by atoms with van der Waals surface area (Å²) in [5.41, 5.74) is 3.77. The second-order valence-corrected chi connectivity index (χ2v) is 7.81. The number of aromatic amines is 1. The number of imidazole rings is 1.